The van der Waals surface area contributed by atoms with E-state index in [0.717, 1.165) is 32.2 Å². The minimum Gasteiger partial charge on any atom is -0.507 e. The van der Waals surface area contributed by atoms with Crippen LogP contribution in [-0.4, -0.2) is 70.4 Å². The van der Waals surface area contributed by atoms with Gasteiger partial charge in [-0.1, -0.05) is 0 Å². The van der Waals surface area contributed by atoms with Crippen molar-refractivity contribution < 1.29 is 19.4 Å². The number of β-amino-alcohol motifs (C(OH)–C–C–N with tert-alkyl or cyclic N) is 1. The van der Waals surface area contributed by atoms with Gasteiger partial charge in [0.15, 0.2) is 5.17 Å². The fourth-order valence-electron chi connectivity index (χ4n) is 2.62. The standard InChI is InChI=1S/C16H18FN3O3S/c17-12-2-1-11(13(22)10-12)9-14-15(23)18-16(24-14)20-5-3-19(4-6-20)7-8-21/h1-2,9-10,21-22H,3-8H2/b14-9-. The molecule has 1 amide bonds. The Morgan fingerprint density at radius 3 is 2.71 bits per heavy atom. The molecule has 0 aliphatic carbocycles. The molecule has 1 aromatic carbocycles. The summed E-state index contributed by atoms with van der Waals surface area (Å²) >= 11 is 1.26. The third-order valence-electron chi connectivity index (χ3n) is 3.95. The second-order valence-electron chi connectivity index (χ2n) is 5.57. The van der Waals surface area contributed by atoms with Crippen molar-refractivity contribution in [3.05, 3.63) is 34.5 Å². The Bertz CT molecular complexity index is 700. The van der Waals surface area contributed by atoms with Gasteiger partial charge in [0.1, 0.15) is 11.6 Å². The van der Waals surface area contributed by atoms with Crippen LogP contribution in [0, 0.1) is 5.82 Å². The molecule has 0 unspecified atom stereocenters. The maximum atomic E-state index is 13.0. The minimum atomic E-state index is -0.530. The highest BCUT2D eigenvalue weighted by Gasteiger charge is 2.28. The number of phenols is 1. The number of carbonyl (C=O) groups is 1. The smallest absolute Gasteiger partial charge is 0.286 e. The second-order valence-corrected chi connectivity index (χ2v) is 6.57. The van der Waals surface area contributed by atoms with Crippen molar-refractivity contribution in [1.29, 1.82) is 0 Å². The molecule has 0 radical (unpaired) electrons. The van der Waals surface area contributed by atoms with Gasteiger partial charge in [0.25, 0.3) is 5.91 Å². The van der Waals surface area contributed by atoms with Gasteiger partial charge in [0.2, 0.25) is 0 Å². The normalized spacial score (nSPS) is 20.8. The Morgan fingerprint density at radius 2 is 2.04 bits per heavy atom. The molecule has 2 heterocycles. The summed E-state index contributed by atoms with van der Waals surface area (Å²) in [7, 11) is 0. The first kappa shape index (κ1) is 16.9. The lowest BCUT2D eigenvalue weighted by atomic mass is 10.2. The first-order valence-electron chi connectivity index (χ1n) is 7.66. The number of amides is 1. The number of carbonyl (C=O) groups excluding carboxylic acids is 1. The monoisotopic (exact) mass is 351 g/mol. The maximum absolute atomic E-state index is 13.0. The molecule has 1 fully saturated rings. The predicted molar refractivity (Wildman–Crippen MR) is 91.2 cm³/mol. The van der Waals surface area contributed by atoms with Gasteiger partial charge >= 0.3 is 0 Å². The highest BCUT2D eigenvalue weighted by molar-refractivity contribution is 8.18. The van der Waals surface area contributed by atoms with Gasteiger partial charge in [-0.2, -0.15) is 4.99 Å². The molecular weight excluding hydrogens is 333 g/mol. The second kappa shape index (κ2) is 7.33. The summed E-state index contributed by atoms with van der Waals surface area (Å²) in [6.07, 6.45) is 1.53. The molecule has 6 nitrogen and oxygen atoms in total. The lowest BCUT2D eigenvalue weighted by molar-refractivity contribution is -0.113. The predicted octanol–water partition coefficient (Wildman–Crippen LogP) is 1.11. The molecule has 0 spiro atoms. The lowest BCUT2D eigenvalue weighted by Crippen LogP contribution is -2.48. The Balaban J connectivity index is 1.67. The van der Waals surface area contributed by atoms with Gasteiger partial charge in [0, 0.05) is 44.4 Å². The van der Waals surface area contributed by atoms with E-state index in [2.05, 4.69) is 9.89 Å². The number of aliphatic hydroxyl groups is 1. The van der Waals surface area contributed by atoms with Crippen LogP contribution in [0.25, 0.3) is 6.08 Å². The van der Waals surface area contributed by atoms with E-state index < -0.39 is 5.82 Å². The van der Waals surface area contributed by atoms with E-state index in [1.807, 2.05) is 4.90 Å². The molecule has 128 valence electrons. The molecule has 2 N–H and O–H groups in total. The highest BCUT2D eigenvalue weighted by atomic mass is 32.2. The van der Waals surface area contributed by atoms with E-state index in [9.17, 15) is 14.3 Å². The van der Waals surface area contributed by atoms with E-state index in [1.54, 1.807) is 0 Å². The van der Waals surface area contributed by atoms with E-state index in [0.29, 0.717) is 22.2 Å². The Morgan fingerprint density at radius 1 is 1.29 bits per heavy atom. The van der Waals surface area contributed by atoms with Crippen molar-refractivity contribution in [1.82, 2.24) is 9.80 Å². The average molecular weight is 351 g/mol. The molecule has 0 saturated carbocycles. The minimum absolute atomic E-state index is 0.141. The number of aliphatic imine (C=N–C) groups is 1. The van der Waals surface area contributed by atoms with E-state index >= 15 is 0 Å². The van der Waals surface area contributed by atoms with Crippen molar-refractivity contribution in [3.8, 4) is 5.75 Å². The molecule has 2 aliphatic heterocycles. The van der Waals surface area contributed by atoms with Crippen molar-refractivity contribution in [3.63, 3.8) is 0 Å². The largest absolute Gasteiger partial charge is 0.507 e. The van der Waals surface area contributed by atoms with Crippen LogP contribution in [0.15, 0.2) is 28.1 Å². The van der Waals surface area contributed by atoms with Crippen LogP contribution in [0.2, 0.25) is 0 Å². The molecule has 0 atom stereocenters. The van der Waals surface area contributed by atoms with Gasteiger partial charge in [-0.15, -0.1) is 0 Å². The first-order chi connectivity index (χ1) is 11.6. The molecular formula is C16H18FN3O3S. The summed E-state index contributed by atoms with van der Waals surface area (Å²) in [4.78, 5) is 20.8. The Hall–Kier alpha value is -1.90. The number of nitrogens with zero attached hydrogens (tertiary/aromatic N) is 3. The fourth-order valence-corrected chi connectivity index (χ4v) is 3.57. The van der Waals surface area contributed by atoms with Crippen molar-refractivity contribution in [2.75, 3.05) is 39.3 Å². The van der Waals surface area contributed by atoms with Gasteiger partial charge < -0.3 is 15.1 Å². The zero-order valence-electron chi connectivity index (χ0n) is 13.0. The van der Waals surface area contributed by atoms with E-state index in [-0.39, 0.29) is 18.3 Å². The number of phenolic OH excluding ortho intramolecular Hbond substituents is 1. The van der Waals surface area contributed by atoms with Gasteiger partial charge in [-0.25, -0.2) is 4.39 Å². The quantitative estimate of drug-likeness (QED) is 0.795. The maximum Gasteiger partial charge on any atom is 0.286 e. The fraction of sp³-hybridized carbons (Fsp3) is 0.375. The van der Waals surface area contributed by atoms with Crippen molar-refractivity contribution in [2.45, 2.75) is 0 Å². The summed E-state index contributed by atoms with van der Waals surface area (Å²) < 4.78 is 13.0. The molecule has 24 heavy (non-hydrogen) atoms. The molecule has 0 bridgehead atoms. The molecule has 1 saturated heterocycles. The molecule has 1 aromatic rings. The van der Waals surface area contributed by atoms with Crippen molar-refractivity contribution in [2.24, 2.45) is 4.99 Å². The summed E-state index contributed by atoms with van der Waals surface area (Å²) in [5.41, 5.74) is 0.386. The Labute approximate surface area is 143 Å². The molecule has 2 aliphatic rings. The van der Waals surface area contributed by atoms with Crippen LogP contribution in [0.5, 0.6) is 5.75 Å². The van der Waals surface area contributed by atoms with Crippen LogP contribution >= 0.6 is 11.8 Å². The zero-order chi connectivity index (χ0) is 17.1. The van der Waals surface area contributed by atoms with Crippen LogP contribution in [0.3, 0.4) is 0 Å². The third kappa shape index (κ3) is 3.77. The number of halogens is 1. The number of amidine groups is 1. The van der Waals surface area contributed by atoms with Gasteiger partial charge in [0.05, 0.1) is 11.5 Å². The number of piperazine rings is 1. The van der Waals surface area contributed by atoms with Crippen LogP contribution in [0.4, 0.5) is 4.39 Å². The molecule has 3 rings (SSSR count). The average Bonchev–Trinajstić information content (AvgIpc) is 2.92. The number of hydrogen-bond donors (Lipinski definition) is 2. The van der Waals surface area contributed by atoms with Gasteiger partial charge in [-0.05, 0) is 30.0 Å². The molecule has 0 aromatic heterocycles. The van der Waals surface area contributed by atoms with Gasteiger partial charge in [-0.3, -0.25) is 9.69 Å². The number of hydrogen-bond acceptors (Lipinski definition) is 6. The number of benzene rings is 1. The Kier molecular flexibility index (Phi) is 5.17. The summed E-state index contributed by atoms with van der Waals surface area (Å²) in [5.74, 6) is -1.09. The van der Waals surface area contributed by atoms with Crippen LogP contribution in [-0.2, 0) is 4.79 Å². The summed E-state index contributed by atoms with van der Waals surface area (Å²) in [6, 6.07) is 3.67. The van der Waals surface area contributed by atoms with Crippen LogP contribution < -0.4 is 0 Å². The van der Waals surface area contributed by atoms with Crippen molar-refractivity contribution >= 4 is 28.9 Å². The number of aliphatic hydroxyl groups excluding tert-OH is 1. The van der Waals surface area contributed by atoms with E-state index in [1.165, 1.54) is 30.0 Å². The third-order valence-corrected chi connectivity index (χ3v) is 4.99. The van der Waals surface area contributed by atoms with Crippen LogP contribution in [0.1, 0.15) is 5.56 Å². The number of thioether (sulfide) groups is 1. The highest BCUT2D eigenvalue weighted by Crippen LogP contribution is 2.32. The SMILES string of the molecule is O=C1N=C(N2CCN(CCO)CC2)S/C1=C\c1ccc(F)cc1O. The topological polar surface area (TPSA) is 76.4 Å². The lowest BCUT2D eigenvalue weighted by Gasteiger charge is -2.34. The number of rotatable bonds is 3. The summed E-state index contributed by atoms with van der Waals surface area (Å²) in [5, 5.41) is 19.4. The molecule has 8 heteroatoms. The zero-order valence-corrected chi connectivity index (χ0v) is 13.8. The summed E-state index contributed by atoms with van der Waals surface area (Å²) in [6.45, 7) is 3.91. The van der Waals surface area contributed by atoms with E-state index in [4.69, 9.17) is 5.11 Å². The first-order valence-corrected chi connectivity index (χ1v) is 8.48. The number of aromatic hydroxyl groups is 1.